The minimum Gasteiger partial charge on any atom is -0.339 e. The highest BCUT2D eigenvalue weighted by molar-refractivity contribution is 5.92. The second kappa shape index (κ2) is 9.71. The summed E-state index contributed by atoms with van der Waals surface area (Å²) < 4.78 is 0. The average Bonchev–Trinajstić information content (AvgIpc) is 2.53. The molecule has 0 fully saturated rings. The molecule has 0 N–H and O–H groups in total. The molecule has 0 saturated heterocycles. The molecule has 5 heteroatoms. The van der Waals surface area contributed by atoms with E-state index >= 15 is 0 Å². The summed E-state index contributed by atoms with van der Waals surface area (Å²) in [6.07, 6.45) is 6.97. The van der Waals surface area contributed by atoms with Crippen LogP contribution in [0.25, 0.3) is 6.08 Å². The van der Waals surface area contributed by atoms with Gasteiger partial charge in [0.1, 0.15) is 0 Å². The minimum atomic E-state index is -0.434. The van der Waals surface area contributed by atoms with Gasteiger partial charge in [0.05, 0.1) is 10.5 Å². The van der Waals surface area contributed by atoms with Crippen LogP contribution >= 0.6 is 0 Å². The first-order valence-corrected chi connectivity index (χ1v) is 7.80. The number of nitro groups is 1. The molecule has 1 rings (SSSR count). The summed E-state index contributed by atoms with van der Waals surface area (Å²) >= 11 is 0. The normalized spacial score (nSPS) is 10.8. The van der Waals surface area contributed by atoms with E-state index in [1.54, 1.807) is 18.2 Å². The average molecular weight is 304 g/mol. The third-order valence-electron chi connectivity index (χ3n) is 3.41. The summed E-state index contributed by atoms with van der Waals surface area (Å²) in [6.45, 7) is 5.64. The van der Waals surface area contributed by atoms with Gasteiger partial charge in [0.2, 0.25) is 5.91 Å². The number of carbonyl (C=O) groups excluding carboxylic acids is 1. The molecule has 1 amide bonds. The maximum Gasteiger partial charge on any atom is 0.276 e. The molecule has 0 aliphatic heterocycles. The number of hydrogen-bond acceptors (Lipinski definition) is 3. The maximum atomic E-state index is 12.3. The maximum absolute atomic E-state index is 12.3. The number of unbranched alkanes of at least 4 members (excludes halogenated alkanes) is 2. The van der Waals surface area contributed by atoms with Gasteiger partial charge in [0, 0.05) is 25.2 Å². The monoisotopic (exact) mass is 304 g/mol. The van der Waals surface area contributed by atoms with E-state index in [2.05, 4.69) is 13.8 Å². The highest BCUT2D eigenvalue weighted by Gasteiger charge is 2.12. The quantitative estimate of drug-likeness (QED) is 0.393. The number of rotatable bonds is 9. The third kappa shape index (κ3) is 5.68. The number of nitro benzene ring substituents is 1. The Kier molecular flexibility index (Phi) is 7.89. The highest BCUT2D eigenvalue weighted by atomic mass is 16.6. The van der Waals surface area contributed by atoms with Gasteiger partial charge in [-0.2, -0.15) is 0 Å². The number of benzene rings is 1. The van der Waals surface area contributed by atoms with Crippen molar-refractivity contribution < 1.29 is 9.72 Å². The molecule has 1 aromatic rings. The van der Waals surface area contributed by atoms with E-state index in [0.717, 1.165) is 38.8 Å². The van der Waals surface area contributed by atoms with Crippen LogP contribution in [0.5, 0.6) is 0 Å². The minimum absolute atomic E-state index is 0.0141. The molecule has 1 aromatic carbocycles. The van der Waals surface area contributed by atoms with Gasteiger partial charge in [-0.25, -0.2) is 0 Å². The van der Waals surface area contributed by atoms with Crippen LogP contribution in [0.4, 0.5) is 5.69 Å². The Morgan fingerprint density at radius 1 is 1.18 bits per heavy atom. The number of nitrogens with zero attached hydrogens (tertiary/aromatic N) is 2. The molecule has 0 aromatic heterocycles. The molecular formula is C17H24N2O3. The fraction of sp³-hybridized carbons (Fsp3) is 0.471. The van der Waals surface area contributed by atoms with Crippen molar-refractivity contribution in [1.29, 1.82) is 0 Å². The first-order valence-electron chi connectivity index (χ1n) is 7.80. The molecule has 0 heterocycles. The number of carbonyl (C=O) groups is 1. The van der Waals surface area contributed by atoms with Gasteiger partial charge in [-0.15, -0.1) is 0 Å². The first kappa shape index (κ1) is 17.9. The van der Waals surface area contributed by atoms with E-state index in [9.17, 15) is 14.9 Å². The lowest BCUT2D eigenvalue weighted by molar-refractivity contribution is -0.385. The predicted molar refractivity (Wildman–Crippen MR) is 88.5 cm³/mol. The van der Waals surface area contributed by atoms with Gasteiger partial charge < -0.3 is 4.90 Å². The van der Waals surface area contributed by atoms with Crippen LogP contribution in [0.2, 0.25) is 0 Å². The third-order valence-corrected chi connectivity index (χ3v) is 3.41. The molecule has 0 aliphatic rings. The molecule has 0 saturated carbocycles. The van der Waals surface area contributed by atoms with Crippen molar-refractivity contribution >= 4 is 17.7 Å². The smallest absolute Gasteiger partial charge is 0.276 e. The van der Waals surface area contributed by atoms with Crippen LogP contribution in [0.15, 0.2) is 30.3 Å². The molecular weight excluding hydrogens is 280 g/mol. The summed E-state index contributed by atoms with van der Waals surface area (Å²) in [6, 6.07) is 6.43. The Morgan fingerprint density at radius 2 is 1.77 bits per heavy atom. The van der Waals surface area contributed by atoms with Crippen molar-refractivity contribution in [3.05, 3.63) is 46.0 Å². The molecule has 0 bridgehead atoms. The van der Waals surface area contributed by atoms with E-state index in [4.69, 9.17) is 0 Å². The van der Waals surface area contributed by atoms with Gasteiger partial charge >= 0.3 is 0 Å². The lowest BCUT2D eigenvalue weighted by atomic mass is 10.1. The van der Waals surface area contributed by atoms with Crippen LogP contribution in [0, 0.1) is 10.1 Å². The standard InChI is InChI=1S/C17H24N2O3/c1-3-5-13-18(14-6-4-2)17(20)12-11-15-9-7-8-10-16(15)19(21)22/h7-12H,3-6,13-14H2,1-2H3. The number of para-hydroxylation sites is 1. The second-order valence-corrected chi connectivity index (χ2v) is 5.18. The predicted octanol–water partition coefficient (Wildman–Crippen LogP) is 4.04. The highest BCUT2D eigenvalue weighted by Crippen LogP contribution is 2.19. The lowest BCUT2D eigenvalue weighted by Crippen LogP contribution is -2.31. The van der Waals surface area contributed by atoms with E-state index in [1.807, 2.05) is 4.90 Å². The van der Waals surface area contributed by atoms with Gasteiger partial charge in [-0.3, -0.25) is 14.9 Å². The summed E-state index contributed by atoms with van der Waals surface area (Å²) in [5, 5.41) is 11.0. The van der Waals surface area contributed by atoms with E-state index in [0.29, 0.717) is 5.56 Å². The van der Waals surface area contributed by atoms with Crippen molar-refractivity contribution in [2.75, 3.05) is 13.1 Å². The molecule has 22 heavy (non-hydrogen) atoms. The second-order valence-electron chi connectivity index (χ2n) is 5.18. The topological polar surface area (TPSA) is 63.5 Å². The van der Waals surface area contributed by atoms with Crippen molar-refractivity contribution in [1.82, 2.24) is 4.90 Å². The molecule has 120 valence electrons. The molecule has 0 aliphatic carbocycles. The van der Waals surface area contributed by atoms with Gasteiger partial charge in [0.15, 0.2) is 0 Å². The molecule has 0 atom stereocenters. The SMILES string of the molecule is CCCCN(CCCC)C(=O)C=Cc1ccccc1[N+](=O)[O-]. The zero-order valence-corrected chi connectivity index (χ0v) is 13.3. The summed E-state index contributed by atoms with van der Waals surface area (Å²) in [5.74, 6) is -0.0833. The van der Waals surface area contributed by atoms with Gasteiger partial charge in [-0.05, 0) is 25.0 Å². The van der Waals surface area contributed by atoms with E-state index in [-0.39, 0.29) is 11.6 Å². The molecule has 5 nitrogen and oxygen atoms in total. The van der Waals surface area contributed by atoms with E-state index < -0.39 is 4.92 Å². The zero-order chi connectivity index (χ0) is 16.4. The van der Waals surface area contributed by atoms with Crippen LogP contribution in [0.1, 0.15) is 45.1 Å². The molecule has 0 radical (unpaired) electrons. The Labute approximate surface area is 131 Å². The van der Waals surface area contributed by atoms with Crippen molar-refractivity contribution in [2.45, 2.75) is 39.5 Å². The number of amides is 1. The Bertz CT molecular complexity index is 518. The van der Waals surface area contributed by atoms with E-state index in [1.165, 1.54) is 18.2 Å². The van der Waals surface area contributed by atoms with Crippen LogP contribution in [-0.4, -0.2) is 28.8 Å². The van der Waals surface area contributed by atoms with Crippen LogP contribution in [-0.2, 0) is 4.79 Å². The van der Waals surface area contributed by atoms with Crippen molar-refractivity contribution in [3.8, 4) is 0 Å². The summed E-state index contributed by atoms with van der Waals surface area (Å²) in [4.78, 5) is 24.6. The first-order chi connectivity index (χ1) is 10.6. The van der Waals surface area contributed by atoms with Crippen LogP contribution < -0.4 is 0 Å². The number of hydrogen-bond donors (Lipinski definition) is 0. The lowest BCUT2D eigenvalue weighted by Gasteiger charge is -2.20. The summed E-state index contributed by atoms with van der Waals surface area (Å²) in [7, 11) is 0. The van der Waals surface area contributed by atoms with Gasteiger partial charge in [-0.1, -0.05) is 38.8 Å². The van der Waals surface area contributed by atoms with Crippen molar-refractivity contribution in [3.63, 3.8) is 0 Å². The fourth-order valence-corrected chi connectivity index (χ4v) is 2.09. The molecule has 0 unspecified atom stereocenters. The fourth-order valence-electron chi connectivity index (χ4n) is 2.09. The molecule has 0 spiro atoms. The van der Waals surface area contributed by atoms with Crippen molar-refractivity contribution in [2.24, 2.45) is 0 Å². The van der Waals surface area contributed by atoms with Gasteiger partial charge in [0.25, 0.3) is 5.69 Å². The summed E-state index contributed by atoms with van der Waals surface area (Å²) in [5.41, 5.74) is 0.465. The Morgan fingerprint density at radius 3 is 2.32 bits per heavy atom. The van der Waals surface area contributed by atoms with Crippen LogP contribution in [0.3, 0.4) is 0 Å². The Hall–Kier alpha value is -2.17. The zero-order valence-electron chi connectivity index (χ0n) is 13.3. The largest absolute Gasteiger partial charge is 0.339 e. The Balaban J connectivity index is 2.81.